The lowest BCUT2D eigenvalue weighted by atomic mass is 9.96. The number of benzene rings is 1. The van der Waals surface area contributed by atoms with Gasteiger partial charge in [0.05, 0.1) is 6.54 Å². The van der Waals surface area contributed by atoms with Gasteiger partial charge in [-0.3, -0.25) is 9.79 Å². The van der Waals surface area contributed by atoms with Gasteiger partial charge in [-0.25, -0.2) is 0 Å². The first-order valence-electron chi connectivity index (χ1n) is 7.27. The lowest BCUT2D eigenvalue weighted by Gasteiger charge is -2.17. The minimum absolute atomic E-state index is 0.0133. The second-order valence-electron chi connectivity index (χ2n) is 5.95. The number of rotatable bonds is 5. The Morgan fingerprint density at radius 3 is 2.38 bits per heavy atom. The topological polar surface area (TPSA) is 79.5 Å². The zero-order valence-corrected chi connectivity index (χ0v) is 13.4. The fraction of sp³-hybridized carbons (Fsp3) is 0.500. The molecule has 1 aromatic rings. The van der Waals surface area contributed by atoms with Crippen LogP contribution in [0.1, 0.15) is 33.3 Å². The van der Waals surface area contributed by atoms with Crippen molar-refractivity contribution in [2.45, 2.75) is 34.1 Å². The van der Waals surface area contributed by atoms with Gasteiger partial charge in [-0.15, -0.1) is 0 Å². The molecular formula is C16H26N4O. The molecule has 116 valence electrons. The van der Waals surface area contributed by atoms with E-state index in [1.54, 1.807) is 0 Å². The van der Waals surface area contributed by atoms with Crippen LogP contribution in [-0.2, 0) is 11.2 Å². The molecule has 0 fully saturated rings. The summed E-state index contributed by atoms with van der Waals surface area (Å²) in [5.74, 6) is 0.364. The molecule has 0 radical (unpaired) electrons. The minimum Gasteiger partial charge on any atom is -0.370 e. The van der Waals surface area contributed by atoms with Gasteiger partial charge in [0, 0.05) is 17.6 Å². The normalized spacial score (nSPS) is 12.1. The Balaban J connectivity index is 2.37. The Kier molecular flexibility index (Phi) is 6.21. The third-order valence-corrected chi connectivity index (χ3v) is 3.00. The molecule has 0 spiro atoms. The molecule has 1 amide bonds. The quantitative estimate of drug-likeness (QED) is 0.441. The summed E-state index contributed by atoms with van der Waals surface area (Å²) in [4.78, 5) is 15.8. The molecule has 5 nitrogen and oxygen atoms in total. The SMILES string of the molecule is CCc1ccc(NC(N)=NCCNC(=O)C(C)(C)C)cc1. The van der Waals surface area contributed by atoms with Crippen molar-refractivity contribution < 1.29 is 4.79 Å². The van der Waals surface area contributed by atoms with Crippen LogP contribution >= 0.6 is 0 Å². The number of amides is 1. The summed E-state index contributed by atoms with van der Waals surface area (Å²) in [6, 6.07) is 8.06. The number of hydrogen-bond donors (Lipinski definition) is 3. The molecule has 1 aromatic carbocycles. The first-order chi connectivity index (χ1) is 9.82. The van der Waals surface area contributed by atoms with Crippen LogP contribution in [0, 0.1) is 5.41 Å². The number of guanidine groups is 1. The van der Waals surface area contributed by atoms with E-state index in [4.69, 9.17) is 5.73 Å². The van der Waals surface area contributed by atoms with Crippen molar-refractivity contribution in [1.29, 1.82) is 0 Å². The molecule has 0 aromatic heterocycles. The molecule has 21 heavy (non-hydrogen) atoms. The van der Waals surface area contributed by atoms with Crippen LogP contribution in [0.4, 0.5) is 5.69 Å². The molecule has 1 rings (SSSR count). The largest absolute Gasteiger partial charge is 0.370 e. The predicted molar refractivity (Wildman–Crippen MR) is 88.4 cm³/mol. The average molecular weight is 290 g/mol. The number of carbonyl (C=O) groups is 1. The molecule has 0 saturated carbocycles. The fourth-order valence-electron chi connectivity index (χ4n) is 1.62. The standard InChI is InChI=1S/C16H26N4O/c1-5-12-6-8-13(9-7-12)20-15(17)19-11-10-18-14(21)16(2,3)4/h6-9H,5,10-11H2,1-4H3,(H,18,21)(H3,17,19,20). The van der Waals surface area contributed by atoms with E-state index in [-0.39, 0.29) is 11.3 Å². The van der Waals surface area contributed by atoms with Gasteiger partial charge in [-0.05, 0) is 24.1 Å². The van der Waals surface area contributed by atoms with Gasteiger partial charge in [0.2, 0.25) is 5.91 Å². The summed E-state index contributed by atoms with van der Waals surface area (Å²) in [5, 5.41) is 5.85. The number of nitrogens with one attached hydrogen (secondary N) is 2. The van der Waals surface area contributed by atoms with E-state index < -0.39 is 0 Å². The smallest absolute Gasteiger partial charge is 0.225 e. The van der Waals surface area contributed by atoms with Gasteiger partial charge in [0.15, 0.2) is 5.96 Å². The van der Waals surface area contributed by atoms with Crippen LogP contribution < -0.4 is 16.4 Å². The van der Waals surface area contributed by atoms with E-state index in [0.717, 1.165) is 12.1 Å². The van der Waals surface area contributed by atoms with Crippen molar-refractivity contribution >= 4 is 17.6 Å². The summed E-state index contributed by atoms with van der Waals surface area (Å²) in [6.07, 6.45) is 1.01. The molecule has 0 aliphatic heterocycles. The van der Waals surface area contributed by atoms with E-state index in [0.29, 0.717) is 19.0 Å². The molecule has 0 aliphatic rings. The maximum atomic E-state index is 11.7. The highest BCUT2D eigenvalue weighted by molar-refractivity contribution is 5.92. The Hall–Kier alpha value is -2.04. The van der Waals surface area contributed by atoms with Gasteiger partial charge >= 0.3 is 0 Å². The Morgan fingerprint density at radius 1 is 1.24 bits per heavy atom. The zero-order valence-electron chi connectivity index (χ0n) is 13.4. The summed E-state index contributed by atoms with van der Waals surface area (Å²) in [6.45, 7) is 8.68. The van der Waals surface area contributed by atoms with Crippen molar-refractivity contribution in [3.8, 4) is 0 Å². The molecule has 4 N–H and O–H groups in total. The summed E-state index contributed by atoms with van der Waals surface area (Å²) in [7, 11) is 0. The van der Waals surface area contributed by atoms with E-state index in [9.17, 15) is 4.79 Å². The molecule has 0 aliphatic carbocycles. The van der Waals surface area contributed by atoms with Crippen molar-refractivity contribution in [2.24, 2.45) is 16.1 Å². The monoisotopic (exact) mass is 290 g/mol. The summed E-state index contributed by atoms with van der Waals surface area (Å²) < 4.78 is 0. The number of carbonyl (C=O) groups excluding carboxylic acids is 1. The van der Waals surface area contributed by atoms with Crippen LogP contribution in [0.2, 0.25) is 0 Å². The van der Waals surface area contributed by atoms with E-state index in [2.05, 4.69) is 34.7 Å². The molecule has 0 unspecified atom stereocenters. The first kappa shape index (κ1) is 17.0. The van der Waals surface area contributed by atoms with Crippen molar-refractivity contribution in [1.82, 2.24) is 5.32 Å². The van der Waals surface area contributed by atoms with Gasteiger partial charge < -0.3 is 16.4 Å². The predicted octanol–water partition coefficient (Wildman–Crippen LogP) is 2.14. The highest BCUT2D eigenvalue weighted by atomic mass is 16.2. The van der Waals surface area contributed by atoms with Gasteiger partial charge in [-0.2, -0.15) is 0 Å². The van der Waals surface area contributed by atoms with Crippen LogP contribution in [0.3, 0.4) is 0 Å². The Labute approximate surface area is 127 Å². The second kappa shape index (κ2) is 7.67. The van der Waals surface area contributed by atoms with Gasteiger partial charge in [0.1, 0.15) is 0 Å². The van der Waals surface area contributed by atoms with Gasteiger partial charge in [-0.1, -0.05) is 39.8 Å². The van der Waals surface area contributed by atoms with E-state index in [1.165, 1.54) is 5.56 Å². The molecule has 0 atom stereocenters. The van der Waals surface area contributed by atoms with Crippen LogP contribution in [0.25, 0.3) is 0 Å². The van der Waals surface area contributed by atoms with Crippen LogP contribution in [0.15, 0.2) is 29.3 Å². The second-order valence-corrected chi connectivity index (χ2v) is 5.95. The summed E-state index contributed by atoms with van der Waals surface area (Å²) >= 11 is 0. The molecule has 0 heterocycles. The lowest BCUT2D eigenvalue weighted by Crippen LogP contribution is -2.36. The third kappa shape index (κ3) is 6.29. The highest BCUT2D eigenvalue weighted by Crippen LogP contribution is 2.12. The minimum atomic E-state index is -0.380. The number of nitrogens with two attached hydrogens (primary N) is 1. The number of anilines is 1. The molecule has 5 heteroatoms. The Morgan fingerprint density at radius 2 is 1.86 bits per heavy atom. The fourth-order valence-corrected chi connectivity index (χ4v) is 1.62. The molecule has 0 saturated heterocycles. The number of nitrogens with zero attached hydrogens (tertiary/aromatic N) is 1. The van der Waals surface area contributed by atoms with E-state index in [1.807, 2.05) is 32.9 Å². The number of aryl methyl sites for hydroxylation is 1. The molecular weight excluding hydrogens is 264 g/mol. The molecule has 0 bridgehead atoms. The van der Waals surface area contributed by atoms with Crippen LogP contribution in [-0.4, -0.2) is 25.0 Å². The van der Waals surface area contributed by atoms with Crippen LogP contribution in [0.5, 0.6) is 0 Å². The number of aliphatic imine (C=N–C) groups is 1. The van der Waals surface area contributed by atoms with E-state index >= 15 is 0 Å². The van der Waals surface area contributed by atoms with Crippen molar-refractivity contribution in [3.05, 3.63) is 29.8 Å². The van der Waals surface area contributed by atoms with Crippen molar-refractivity contribution in [3.63, 3.8) is 0 Å². The van der Waals surface area contributed by atoms with Crippen molar-refractivity contribution in [2.75, 3.05) is 18.4 Å². The average Bonchev–Trinajstić information content (AvgIpc) is 2.43. The summed E-state index contributed by atoms with van der Waals surface area (Å²) in [5.41, 5.74) is 7.61. The Bertz CT molecular complexity index is 486. The highest BCUT2D eigenvalue weighted by Gasteiger charge is 2.19. The first-order valence-corrected chi connectivity index (χ1v) is 7.27. The third-order valence-electron chi connectivity index (χ3n) is 3.00. The number of hydrogen-bond acceptors (Lipinski definition) is 2. The maximum Gasteiger partial charge on any atom is 0.225 e. The van der Waals surface area contributed by atoms with Gasteiger partial charge in [0.25, 0.3) is 0 Å². The zero-order chi connectivity index (χ0) is 15.9. The maximum absolute atomic E-state index is 11.7. The lowest BCUT2D eigenvalue weighted by molar-refractivity contribution is -0.128.